The fourth-order valence-corrected chi connectivity index (χ4v) is 9.95. The molecular formula is C19H31BrO3P2. The van der Waals surface area contributed by atoms with Crippen LogP contribution in [0.3, 0.4) is 0 Å². The Morgan fingerprint density at radius 1 is 1.04 bits per heavy atom. The molecule has 0 radical (unpaired) electrons. The first-order valence-electron chi connectivity index (χ1n) is 10.00. The molecule has 4 saturated carbocycles. The molecule has 5 fully saturated rings. The zero-order valence-electron chi connectivity index (χ0n) is 15.1. The monoisotopic (exact) mass is 448 g/mol. The topological polar surface area (TPSA) is 27.7 Å². The molecule has 0 amide bonds. The largest absolute Gasteiger partial charge is 0.376 e. The van der Waals surface area contributed by atoms with Crippen molar-refractivity contribution < 1.29 is 13.8 Å². The number of halogens is 1. The van der Waals surface area contributed by atoms with Crippen molar-refractivity contribution >= 4 is 34.9 Å². The number of fused-ring (bicyclic) bond motifs is 3. The smallest absolute Gasteiger partial charge is 0.0738 e. The molecule has 0 aromatic rings. The molecular weight excluding hydrogens is 418 g/mol. The van der Waals surface area contributed by atoms with Crippen LogP contribution >= 0.6 is 34.9 Å². The molecule has 2 bridgehead atoms. The van der Waals surface area contributed by atoms with Crippen molar-refractivity contribution in [3.05, 3.63) is 0 Å². The van der Waals surface area contributed by atoms with Crippen molar-refractivity contribution in [3.8, 4) is 0 Å². The van der Waals surface area contributed by atoms with Crippen LogP contribution in [0.1, 0.15) is 58.3 Å². The number of hydrogen-bond donors (Lipinski definition) is 0. The second-order valence-corrected chi connectivity index (χ2v) is 11.6. The van der Waals surface area contributed by atoms with Crippen molar-refractivity contribution in [1.82, 2.24) is 0 Å². The average Bonchev–Trinajstić information content (AvgIpc) is 3.03. The predicted octanol–water partition coefficient (Wildman–Crippen LogP) is 4.89. The molecule has 142 valence electrons. The van der Waals surface area contributed by atoms with E-state index in [1.807, 2.05) is 0 Å². The van der Waals surface area contributed by atoms with Crippen molar-refractivity contribution in [2.75, 3.05) is 6.61 Å². The summed E-state index contributed by atoms with van der Waals surface area (Å²) in [4.78, 5) is 0. The first-order valence-corrected chi connectivity index (χ1v) is 11.7. The van der Waals surface area contributed by atoms with E-state index in [4.69, 9.17) is 13.8 Å². The standard InChI is InChI=1S/C19H31BrO3P2/c1-17-6-5-14-12(13(17)2-3-15(17)23-25)8-16-19(20)9-11(22-24)4-7-18(14,19)10-21-16/h11-16H,2-10,24-25H2,1H3/t11-,12?,13?,14?,15-,16-,17-,18-,19-/m0/s1. The fraction of sp³-hybridized carbons (Fsp3) is 1.00. The van der Waals surface area contributed by atoms with E-state index in [-0.39, 0.29) is 4.32 Å². The molecule has 4 aliphatic carbocycles. The molecule has 3 nitrogen and oxygen atoms in total. The highest BCUT2D eigenvalue weighted by molar-refractivity contribution is 9.10. The summed E-state index contributed by atoms with van der Waals surface area (Å²) < 4.78 is 18.2. The van der Waals surface area contributed by atoms with Gasteiger partial charge in [0.15, 0.2) is 0 Å². The Bertz CT molecular complexity index is 565. The van der Waals surface area contributed by atoms with Crippen LogP contribution in [-0.4, -0.2) is 29.2 Å². The van der Waals surface area contributed by atoms with Gasteiger partial charge in [-0.3, -0.25) is 0 Å². The highest BCUT2D eigenvalue weighted by Gasteiger charge is 2.72. The Balaban J connectivity index is 1.50. The van der Waals surface area contributed by atoms with E-state index in [9.17, 15) is 0 Å². The van der Waals surface area contributed by atoms with Crippen molar-refractivity contribution in [1.29, 1.82) is 0 Å². The molecule has 5 unspecified atom stereocenters. The highest BCUT2D eigenvalue weighted by Crippen LogP contribution is 2.72. The molecule has 1 heterocycles. The molecule has 5 rings (SSSR count). The van der Waals surface area contributed by atoms with Crippen LogP contribution in [0, 0.1) is 28.6 Å². The lowest BCUT2D eigenvalue weighted by atomic mass is 9.45. The molecule has 1 aliphatic heterocycles. The maximum atomic E-state index is 6.49. The zero-order chi connectivity index (χ0) is 17.4. The van der Waals surface area contributed by atoms with E-state index < -0.39 is 0 Å². The molecule has 0 aromatic heterocycles. The van der Waals surface area contributed by atoms with E-state index in [1.54, 1.807) is 0 Å². The Morgan fingerprint density at radius 2 is 1.88 bits per heavy atom. The highest BCUT2D eigenvalue weighted by atomic mass is 79.9. The van der Waals surface area contributed by atoms with Crippen molar-refractivity contribution in [2.24, 2.45) is 28.6 Å². The van der Waals surface area contributed by atoms with Gasteiger partial charge in [-0.2, -0.15) is 0 Å². The van der Waals surface area contributed by atoms with Gasteiger partial charge in [0.2, 0.25) is 0 Å². The molecule has 1 saturated heterocycles. The van der Waals surface area contributed by atoms with Gasteiger partial charge >= 0.3 is 0 Å². The van der Waals surface area contributed by atoms with E-state index in [2.05, 4.69) is 41.8 Å². The summed E-state index contributed by atoms with van der Waals surface area (Å²) in [6, 6.07) is 0. The third-order valence-electron chi connectivity index (χ3n) is 9.22. The van der Waals surface area contributed by atoms with Crippen LogP contribution in [-0.2, 0) is 13.8 Å². The van der Waals surface area contributed by atoms with Gasteiger partial charge in [-0.25, -0.2) is 0 Å². The van der Waals surface area contributed by atoms with Crippen LogP contribution in [0.15, 0.2) is 0 Å². The summed E-state index contributed by atoms with van der Waals surface area (Å²) in [6.45, 7) is 3.46. The zero-order valence-corrected chi connectivity index (χ0v) is 19.0. The SMILES string of the molecule is C[C@]12CCC3C(C[C@@H]4OC[C@@]35CC[C@H](OP)C[C@]45Br)C1CC[C@@H]2OP. The lowest BCUT2D eigenvalue weighted by molar-refractivity contribution is -0.104. The average molecular weight is 449 g/mol. The molecule has 5 aliphatic rings. The van der Waals surface area contributed by atoms with Gasteiger partial charge in [0.25, 0.3) is 0 Å². The minimum absolute atomic E-state index is 0.128. The van der Waals surface area contributed by atoms with Gasteiger partial charge in [-0.1, -0.05) is 22.9 Å². The Hall–Kier alpha value is 1.22. The van der Waals surface area contributed by atoms with Crippen LogP contribution in [0.4, 0.5) is 0 Å². The summed E-state index contributed by atoms with van der Waals surface area (Å²) in [7, 11) is 5.04. The summed E-state index contributed by atoms with van der Waals surface area (Å²) >= 11 is 4.27. The van der Waals surface area contributed by atoms with Gasteiger partial charge in [0, 0.05) is 24.3 Å². The molecule has 0 aromatic carbocycles. The summed E-state index contributed by atoms with van der Waals surface area (Å²) in [5, 5.41) is 0. The lowest BCUT2D eigenvalue weighted by Gasteiger charge is -2.62. The number of ether oxygens (including phenoxy) is 1. The predicted molar refractivity (Wildman–Crippen MR) is 109 cm³/mol. The van der Waals surface area contributed by atoms with E-state index >= 15 is 0 Å². The number of hydrogen-bond acceptors (Lipinski definition) is 3. The van der Waals surface area contributed by atoms with Crippen LogP contribution in [0.25, 0.3) is 0 Å². The maximum absolute atomic E-state index is 6.49. The summed E-state index contributed by atoms with van der Waals surface area (Å²) in [5.74, 6) is 2.43. The van der Waals surface area contributed by atoms with Gasteiger partial charge in [0.1, 0.15) is 0 Å². The Morgan fingerprint density at radius 3 is 2.64 bits per heavy atom. The summed E-state index contributed by atoms with van der Waals surface area (Å²) in [6.07, 6.45) is 11.1. The molecule has 11 atom stereocenters. The second kappa shape index (κ2) is 6.11. The van der Waals surface area contributed by atoms with Gasteiger partial charge in [0.05, 0.1) is 29.2 Å². The first-order chi connectivity index (χ1) is 12.0. The normalized spacial score (nSPS) is 60.0. The van der Waals surface area contributed by atoms with Crippen LogP contribution < -0.4 is 0 Å². The third kappa shape index (κ3) is 2.22. The van der Waals surface area contributed by atoms with E-state index in [0.717, 1.165) is 30.8 Å². The number of rotatable bonds is 2. The van der Waals surface area contributed by atoms with E-state index in [1.165, 1.54) is 44.9 Å². The summed E-state index contributed by atoms with van der Waals surface area (Å²) in [5.41, 5.74) is 0.688. The quantitative estimate of drug-likeness (QED) is 0.444. The van der Waals surface area contributed by atoms with Crippen molar-refractivity contribution in [2.45, 2.75) is 80.9 Å². The minimum atomic E-state index is 0.128. The third-order valence-corrected chi connectivity index (χ3v) is 11.6. The number of alkyl halides is 1. The Kier molecular flexibility index (Phi) is 4.46. The Labute approximate surface area is 164 Å². The molecule has 25 heavy (non-hydrogen) atoms. The van der Waals surface area contributed by atoms with Gasteiger partial charge < -0.3 is 13.8 Å². The van der Waals surface area contributed by atoms with Crippen LogP contribution in [0.5, 0.6) is 0 Å². The van der Waals surface area contributed by atoms with Crippen LogP contribution in [0.2, 0.25) is 0 Å². The molecule has 6 heteroatoms. The fourth-order valence-electron chi connectivity index (χ4n) is 7.99. The lowest BCUT2D eigenvalue weighted by Crippen LogP contribution is -2.63. The van der Waals surface area contributed by atoms with E-state index in [0.29, 0.717) is 29.1 Å². The molecule has 0 N–H and O–H groups in total. The van der Waals surface area contributed by atoms with Crippen molar-refractivity contribution in [3.63, 3.8) is 0 Å². The minimum Gasteiger partial charge on any atom is -0.376 e. The maximum Gasteiger partial charge on any atom is 0.0738 e. The second-order valence-electron chi connectivity index (χ2n) is 9.68. The van der Waals surface area contributed by atoms with Gasteiger partial charge in [-0.05, 0) is 74.5 Å². The van der Waals surface area contributed by atoms with Gasteiger partial charge in [-0.15, -0.1) is 0 Å². The first kappa shape index (κ1) is 18.3. The molecule has 0 spiro atoms.